The highest BCUT2D eigenvalue weighted by Gasteiger charge is 2.33. The Morgan fingerprint density at radius 2 is 1.92 bits per heavy atom. The van der Waals surface area contributed by atoms with Gasteiger partial charge < -0.3 is 19.4 Å². The third kappa shape index (κ3) is 7.73. The Balaban J connectivity index is 1.87. The Morgan fingerprint density at radius 3 is 2.68 bits per heavy atom. The van der Waals surface area contributed by atoms with E-state index in [0.29, 0.717) is 19.5 Å². The van der Waals surface area contributed by atoms with Gasteiger partial charge >= 0.3 is 5.97 Å². The molecule has 0 radical (unpaired) electrons. The molecule has 1 aromatic rings. The van der Waals surface area contributed by atoms with Crippen LogP contribution in [0.5, 0.6) is 0 Å². The summed E-state index contributed by atoms with van der Waals surface area (Å²) in [5.74, 6) is -1.80. The van der Waals surface area contributed by atoms with Crippen molar-refractivity contribution in [2.75, 3.05) is 13.1 Å². The van der Waals surface area contributed by atoms with E-state index in [2.05, 4.69) is 10.3 Å². The minimum atomic E-state index is -0.621. The van der Waals surface area contributed by atoms with Crippen LogP contribution in [0.1, 0.15) is 50.5 Å². The normalized spacial score (nSPS) is 26.5. The summed E-state index contributed by atoms with van der Waals surface area (Å²) in [6.45, 7) is 8.22. The third-order valence-electron chi connectivity index (χ3n) is 5.92. The average Bonchev–Trinajstić information content (AvgIpc) is 3.52. The Labute approximate surface area is 216 Å². The fraction of sp³-hybridized carbons (Fsp3) is 0.393. The number of amides is 2. The van der Waals surface area contributed by atoms with Gasteiger partial charge in [-0.1, -0.05) is 62.8 Å². The SMILES string of the molecule is CC1=C\C=C\C(=O)Cc2nc(co2)C(=O)N2CCC=C2C(=O)OC(C(C)C)C(C)/C=C/C(=O)NC\C=C\1. The van der Waals surface area contributed by atoms with E-state index in [1.165, 1.54) is 23.3 Å². The molecule has 196 valence electrons. The molecular formula is C28H33N3O6. The van der Waals surface area contributed by atoms with E-state index in [1.807, 2.05) is 33.8 Å². The Kier molecular flexibility index (Phi) is 9.54. The molecule has 0 aliphatic carbocycles. The number of allylic oxidation sites excluding steroid dienone is 5. The van der Waals surface area contributed by atoms with E-state index in [1.54, 1.807) is 30.4 Å². The Bertz CT molecular complexity index is 1180. The maximum atomic E-state index is 13.1. The van der Waals surface area contributed by atoms with Crippen molar-refractivity contribution in [3.63, 3.8) is 0 Å². The Morgan fingerprint density at radius 1 is 1.14 bits per heavy atom. The molecule has 0 aromatic carbocycles. The number of nitrogens with zero attached hydrogens (tertiary/aromatic N) is 2. The van der Waals surface area contributed by atoms with E-state index in [4.69, 9.17) is 9.15 Å². The molecule has 3 rings (SSSR count). The number of ether oxygens (including phenoxy) is 1. The van der Waals surface area contributed by atoms with Crippen molar-refractivity contribution < 1.29 is 28.3 Å². The summed E-state index contributed by atoms with van der Waals surface area (Å²) < 4.78 is 11.2. The molecule has 1 aromatic heterocycles. The fourth-order valence-electron chi connectivity index (χ4n) is 4.01. The van der Waals surface area contributed by atoms with Crippen LogP contribution in [-0.2, 0) is 25.5 Å². The van der Waals surface area contributed by atoms with Crippen LogP contribution < -0.4 is 5.32 Å². The summed E-state index contributed by atoms with van der Waals surface area (Å²) in [6, 6.07) is 0. The van der Waals surface area contributed by atoms with Crippen LogP contribution in [-0.4, -0.2) is 52.6 Å². The lowest BCUT2D eigenvalue weighted by atomic mass is 9.94. The van der Waals surface area contributed by atoms with Gasteiger partial charge in [0.2, 0.25) is 11.8 Å². The smallest absolute Gasteiger partial charge is 0.355 e. The predicted octanol–water partition coefficient (Wildman–Crippen LogP) is 3.46. The molecule has 9 heteroatoms. The highest BCUT2D eigenvalue weighted by molar-refractivity contribution is 6.00. The van der Waals surface area contributed by atoms with Gasteiger partial charge in [-0.3, -0.25) is 14.4 Å². The summed E-state index contributed by atoms with van der Waals surface area (Å²) in [5.41, 5.74) is 1.04. The van der Waals surface area contributed by atoms with Crippen LogP contribution in [0.15, 0.2) is 70.6 Å². The van der Waals surface area contributed by atoms with Crippen molar-refractivity contribution >= 4 is 23.6 Å². The lowest BCUT2D eigenvalue weighted by molar-refractivity contribution is -0.149. The molecule has 2 unspecified atom stereocenters. The zero-order valence-electron chi connectivity index (χ0n) is 21.6. The molecule has 3 heterocycles. The standard InChI is InChI=1S/C28H33N3O6/c1-18(2)26-20(4)12-13-24(33)29-14-6-9-19(3)8-5-10-21(32)16-25-30-22(17-36-25)27(34)31-15-7-11-23(31)28(35)37-26/h5-6,8-13,17-18,20,26H,7,14-16H2,1-4H3,(H,29,33)/b9-6+,10-5+,13-12+,19-8+. The van der Waals surface area contributed by atoms with Gasteiger partial charge in [0.15, 0.2) is 11.5 Å². The van der Waals surface area contributed by atoms with E-state index in [9.17, 15) is 19.2 Å². The second-order valence-corrected chi connectivity index (χ2v) is 9.35. The number of carbonyl (C=O) groups excluding carboxylic acids is 4. The van der Waals surface area contributed by atoms with Gasteiger partial charge in [0, 0.05) is 19.0 Å². The second-order valence-electron chi connectivity index (χ2n) is 9.35. The zero-order chi connectivity index (χ0) is 26.9. The predicted molar refractivity (Wildman–Crippen MR) is 137 cm³/mol. The second kappa shape index (κ2) is 12.8. The van der Waals surface area contributed by atoms with Gasteiger partial charge in [-0.15, -0.1) is 0 Å². The van der Waals surface area contributed by atoms with Gasteiger partial charge in [-0.05, 0) is 31.4 Å². The average molecular weight is 508 g/mol. The van der Waals surface area contributed by atoms with Gasteiger partial charge in [0.05, 0.1) is 6.42 Å². The summed E-state index contributed by atoms with van der Waals surface area (Å²) in [6.07, 6.45) is 14.3. The Hall–Kier alpha value is -4.01. The monoisotopic (exact) mass is 507 g/mol. The van der Waals surface area contributed by atoms with Crippen LogP contribution in [0.25, 0.3) is 0 Å². The van der Waals surface area contributed by atoms with Crippen molar-refractivity contribution in [2.24, 2.45) is 11.8 Å². The first-order chi connectivity index (χ1) is 17.7. The summed E-state index contributed by atoms with van der Waals surface area (Å²) in [5, 5.41) is 2.77. The molecule has 2 atom stereocenters. The topological polar surface area (TPSA) is 119 Å². The molecule has 2 aliphatic heterocycles. The quantitative estimate of drug-likeness (QED) is 0.578. The minimum Gasteiger partial charge on any atom is -0.457 e. The highest BCUT2D eigenvalue weighted by atomic mass is 16.5. The zero-order valence-corrected chi connectivity index (χ0v) is 21.6. The van der Waals surface area contributed by atoms with Crippen molar-refractivity contribution in [3.05, 3.63) is 77.7 Å². The largest absolute Gasteiger partial charge is 0.457 e. The number of ketones is 1. The first kappa shape index (κ1) is 27.6. The van der Waals surface area contributed by atoms with E-state index in [-0.39, 0.29) is 47.2 Å². The van der Waals surface area contributed by atoms with Crippen molar-refractivity contribution in [3.8, 4) is 0 Å². The van der Waals surface area contributed by atoms with Crippen LogP contribution in [0.4, 0.5) is 0 Å². The first-order valence-corrected chi connectivity index (χ1v) is 12.3. The number of esters is 1. The molecule has 2 aliphatic rings. The summed E-state index contributed by atoms with van der Waals surface area (Å²) in [7, 11) is 0. The van der Waals surface area contributed by atoms with Crippen molar-refractivity contribution in [1.82, 2.24) is 15.2 Å². The molecule has 1 N–H and O–H groups in total. The number of aromatic nitrogens is 1. The number of oxazole rings is 1. The molecule has 0 saturated carbocycles. The molecule has 2 amide bonds. The minimum absolute atomic E-state index is 0.00868. The van der Waals surface area contributed by atoms with Crippen LogP contribution in [0, 0.1) is 11.8 Å². The molecule has 0 saturated heterocycles. The molecule has 37 heavy (non-hydrogen) atoms. The van der Waals surface area contributed by atoms with E-state index >= 15 is 0 Å². The maximum absolute atomic E-state index is 13.1. The number of hydrogen-bond donors (Lipinski definition) is 1. The number of carbonyl (C=O) groups is 4. The maximum Gasteiger partial charge on any atom is 0.355 e. The highest BCUT2D eigenvalue weighted by Crippen LogP contribution is 2.24. The van der Waals surface area contributed by atoms with Gasteiger partial charge in [-0.25, -0.2) is 9.78 Å². The van der Waals surface area contributed by atoms with Gasteiger partial charge in [0.25, 0.3) is 5.91 Å². The number of hydrogen-bond acceptors (Lipinski definition) is 7. The molecule has 2 bridgehead atoms. The van der Waals surface area contributed by atoms with Crippen LogP contribution in [0.2, 0.25) is 0 Å². The van der Waals surface area contributed by atoms with Gasteiger partial charge in [0.1, 0.15) is 18.1 Å². The first-order valence-electron chi connectivity index (χ1n) is 12.3. The molecule has 0 fully saturated rings. The van der Waals surface area contributed by atoms with E-state index in [0.717, 1.165) is 5.57 Å². The van der Waals surface area contributed by atoms with Crippen molar-refractivity contribution in [1.29, 1.82) is 0 Å². The van der Waals surface area contributed by atoms with Crippen molar-refractivity contribution in [2.45, 2.75) is 46.6 Å². The molecule has 0 spiro atoms. The lowest BCUT2D eigenvalue weighted by Gasteiger charge is -2.27. The number of cyclic esters (lactones) is 1. The third-order valence-corrected chi connectivity index (χ3v) is 5.92. The van der Waals surface area contributed by atoms with Crippen LogP contribution in [0.3, 0.4) is 0 Å². The summed E-state index contributed by atoms with van der Waals surface area (Å²) in [4.78, 5) is 56.2. The molecule has 9 nitrogen and oxygen atoms in total. The number of rotatable bonds is 1. The van der Waals surface area contributed by atoms with Gasteiger partial charge in [-0.2, -0.15) is 0 Å². The number of fused-ring (bicyclic) bond motifs is 3. The molecular weight excluding hydrogens is 474 g/mol. The number of nitrogens with one attached hydrogen (secondary N) is 1. The fourth-order valence-corrected chi connectivity index (χ4v) is 4.01. The summed E-state index contributed by atoms with van der Waals surface area (Å²) >= 11 is 0. The lowest BCUT2D eigenvalue weighted by Crippen LogP contribution is -2.36. The van der Waals surface area contributed by atoms with Crippen LogP contribution >= 0.6 is 0 Å². The van der Waals surface area contributed by atoms with E-state index < -0.39 is 18.0 Å².